The Morgan fingerprint density at radius 2 is 2.24 bits per heavy atom. The Morgan fingerprint density at radius 1 is 1.52 bits per heavy atom. The Kier molecular flexibility index (Phi) is 4.73. The average molecular weight is 292 g/mol. The zero-order chi connectivity index (χ0) is 15.5. The number of hydrogen-bond acceptors (Lipinski definition) is 4. The largest absolute Gasteiger partial charge is 0.495 e. The molecule has 0 aliphatic heterocycles. The Labute approximate surface area is 125 Å². The van der Waals surface area contributed by atoms with Crippen LogP contribution in [0.15, 0.2) is 24.3 Å². The van der Waals surface area contributed by atoms with Crippen molar-refractivity contribution in [3.05, 3.63) is 24.3 Å². The molecule has 1 saturated carbocycles. The van der Waals surface area contributed by atoms with Gasteiger partial charge in [-0.25, -0.2) is 0 Å². The molecule has 3 N–H and O–H groups in total. The summed E-state index contributed by atoms with van der Waals surface area (Å²) in [6.45, 7) is 0.761. The maximum atomic E-state index is 11.4. The number of methoxy groups -OCH3 is 1. The molecule has 0 bridgehead atoms. The van der Waals surface area contributed by atoms with Gasteiger partial charge in [0.1, 0.15) is 11.3 Å². The molecule has 0 heterocycles. The van der Waals surface area contributed by atoms with Crippen LogP contribution in [-0.2, 0) is 4.79 Å². The Morgan fingerprint density at radius 3 is 2.90 bits per heavy atom. The first-order valence-electron chi connectivity index (χ1n) is 7.35. The van der Waals surface area contributed by atoms with E-state index in [-0.39, 0.29) is 5.92 Å². The van der Waals surface area contributed by atoms with Gasteiger partial charge in [-0.15, -0.1) is 0 Å². The molecule has 0 aromatic heterocycles. The number of carboxylic acids is 1. The van der Waals surface area contributed by atoms with Gasteiger partial charge in [-0.3, -0.25) is 4.79 Å². The molecule has 5 heteroatoms. The molecule has 1 aliphatic carbocycles. The molecule has 0 spiro atoms. The third kappa shape index (κ3) is 3.13. The van der Waals surface area contributed by atoms with Crippen LogP contribution in [0, 0.1) is 5.92 Å². The minimum Gasteiger partial charge on any atom is -0.495 e. The predicted molar refractivity (Wildman–Crippen MR) is 82.8 cm³/mol. The van der Waals surface area contributed by atoms with Gasteiger partial charge in [-0.05, 0) is 37.3 Å². The quantitative estimate of drug-likeness (QED) is 0.840. The molecule has 21 heavy (non-hydrogen) atoms. The zero-order valence-corrected chi connectivity index (χ0v) is 12.7. The van der Waals surface area contributed by atoms with E-state index in [9.17, 15) is 9.90 Å². The fraction of sp³-hybridized carbons (Fsp3) is 0.562. The van der Waals surface area contributed by atoms with Crippen LogP contribution in [0.2, 0.25) is 0 Å². The van der Waals surface area contributed by atoms with Crippen molar-refractivity contribution in [3.63, 3.8) is 0 Å². The number of anilines is 1. The average Bonchev–Trinajstić information content (AvgIpc) is 2.87. The van der Waals surface area contributed by atoms with Crippen molar-refractivity contribution in [1.29, 1.82) is 0 Å². The van der Waals surface area contributed by atoms with E-state index < -0.39 is 11.5 Å². The highest BCUT2D eigenvalue weighted by Crippen LogP contribution is 2.37. The van der Waals surface area contributed by atoms with Gasteiger partial charge in [0.25, 0.3) is 0 Å². The van der Waals surface area contributed by atoms with E-state index in [0.29, 0.717) is 6.42 Å². The molecule has 1 fully saturated rings. The fourth-order valence-electron chi connectivity index (χ4n) is 3.20. The zero-order valence-electron chi connectivity index (χ0n) is 12.7. The SMILES string of the molecule is COc1ccccc1N(C)CCC1CCCC1(N)C(=O)O. The van der Waals surface area contributed by atoms with Crippen LogP contribution in [-0.4, -0.2) is 37.3 Å². The van der Waals surface area contributed by atoms with Crippen molar-refractivity contribution in [2.45, 2.75) is 31.2 Å². The third-order valence-corrected chi connectivity index (χ3v) is 4.58. The summed E-state index contributed by atoms with van der Waals surface area (Å²) in [4.78, 5) is 13.5. The molecule has 2 atom stereocenters. The lowest BCUT2D eigenvalue weighted by Gasteiger charge is -2.29. The van der Waals surface area contributed by atoms with Gasteiger partial charge < -0.3 is 20.5 Å². The number of rotatable bonds is 6. The topological polar surface area (TPSA) is 75.8 Å². The van der Waals surface area contributed by atoms with Gasteiger partial charge >= 0.3 is 5.97 Å². The molecule has 2 rings (SSSR count). The van der Waals surface area contributed by atoms with E-state index in [1.165, 1.54) is 0 Å². The minimum atomic E-state index is -1.05. The second-order valence-electron chi connectivity index (χ2n) is 5.82. The second kappa shape index (κ2) is 6.35. The van der Waals surface area contributed by atoms with Gasteiger partial charge in [0, 0.05) is 13.6 Å². The number of benzene rings is 1. The van der Waals surface area contributed by atoms with Gasteiger partial charge in [-0.1, -0.05) is 18.6 Å². The summed E-state index contributed by atoms with van der Waals surface area (Å²) >= 11 is 0. The Hall–Kier alpha value is -1.75. The molecule has 0 saturated heterocycles. The standard InChI is InChI=1S/C16H24N2O3/c1-18(13-7-3-4-8-14(13)21-2)11-9-12-6-5-10-16(12,17)15(19)20/h3-4,7-8,12H,5-6,9-11,17H2,1-2H3,(H,19,20). The second-order valence-corrected chi connectivity index (χ2v) is 5.82. The van der Waals surface area contributed by atoms with E-state index in [4.69, 9.17) is 10.5 Å². The van der Waals surface area contributed by atoms with Crippen molar-refractivity contribution in [2.75, 3.05) is 25.6 Å². The van der Waals surface area contributed by atoms with Crippen LogP contribution in [0.3, 0.4) is 0 Å². The minimum absolute atomic E-state index is 0.0344. The first-order valence-corrected chi connectivity index (χ1v) is 7.35. The van der Waals surface area contributed by atoms with E-state index >= 15 is 0 Å². The number of nitrogens with two attached hydrogens (primary N) is 1. The highest BCUT2D eigenvalue weighted by molar-refractivity contribution is 5.79. The van der Waals surface area contributed by atoms with Gasteiger partial charge in [-0.2, -0.15) is 0 Å². The van der Waals surface area contributed by atoms with Crippen molar-refractivity contribution in [3.8, 4) is 5.75 Å². The Balaban J connectivity index is 2.01. The van der Waals surface area contributed by atoms with Crippen molar-refractivity contribution in [2.24, 2.45) is 11.7 Å². The van der Waals surface area contributed by atoms with Crippen LogP contribution in [0.4, 0.5) is 5.69 Å². The summed E-state index contributed by atoms with van der Waals surface area (Å²) in [6, 6.07) is 7.82. The summed E-state index contributed by atoms with van der Waals surface area (Å²) < 4.78 is 5.36. The lowest BCUT2D eigenvalue weighted by molar-refractivity contribution is -0.144. The monoisotopic (exact) mass is 292 g/mol. The van der Waals surface area contributed by atoms with Gasteiger partial charge in [0.05, 0.1) is 12.8 Å². The van der Waals surface area contributed by atoms with E-state index in [1.807, 2.05) is 31.3 Å². The molecule has 1 aromatic carbocycles. The van der Waals surface area contributed by atoms with Gasteiger partial charge in [0.2, 0.25) is 0 Å². The predicted octanol–water partition coefficient (Wildman–Crippen LogP) is 2.10. The maximum absolute atomic E-state index is 11.4. The molecular formula is C16H24N2O3. The molecular weight excluding hydrogens is 268 g/mol. The number of ether oxygens (including phenoxy) is 1. The summed E-state index contributed by atoms with van der Waals surface area (Å²) in [5.41, 5.74) is 6.04. The number of carboxylic acid groups (broad SMARTS) is 1. The smallest absolute Gasteiger partial charge is 0.323 e. The number of carbonyl (C=O) groups is 1. The van der Waals surface area contributed by atoms with Crippen LogP contribution >= 0.6 is 0 Å². The molecule has 1 aromatic rings. The highest BCUT2D eigenvalue weighted by Gasteiger charge is 2.45. The number of aliphatic carboxylic acids is 1. The van der Waals surface area contributed by atoms with Crippen LogP contribution < -0.4 is 15.4 Å². The lowest BCUT2D eigenvalue weighted by Crippen LogP contribution is -2.51. The first kappa shape index (κ1) is 15.6. The Bertz CT molecular complexity index is 506. The highest BCUT2D eigenvalue weighted by atomic mass is 16.5. The van der Waals surface area contributed by atoms with Crippen molar-refractivity contribution < 1.29 is 14.6 Å². The van der Waals surface area contributed by atoms with E-state index in [0.717, 1.165) is 37.2 Å². The van der Waals surface area contributed by atoms with Crippen molar-refractivity contribution >= 4 is 11.7 Å². The molecule has 0 radical (unpaired) electrons. The summed E-state index contributed by atoms with van der Waals surface area (Å²) in [5.74, 6) is -0.0132. The number of hydrogen-bond donors (Lipinski definition) is 2. The van der Waals surface area contributed by atoms with Crippen LogP contribution in [0.1, 0.15) is 25.7 Å². The molecule has 2 unspecified atom stereocenters. The fourth-order valence-corrected chi connectivity index (χ4v) is 3.20. The molecule has 0 amide bonds. The van der Waals surface area contributed by atoms with Crippen molar-refractivity contribution in [1.82, 2.24) is 0 Å². The number of nitrogens with zero attached hydrogens (tertiary/aromatic N) is 1. The molecule has 116 valence electrons. The summed E-state index contributed by atoms with van der Waals surface area (Å²) in [6.07, 6.45) is 3.14. The molecule has 1 aliphatic rings. The normalized spacial score (nSPS) is 24.8. The van der Waals surface area contributed by atoms with Gasteiger partial charge in [0.15, 0.2) is 0 Å². The first-order chi connectivity index (χ1) is 9.99. The number of para-hydroxylation sites is 2. The van der Waals surface area contributed by atoms with E-state index in [1.54, 1.807) is 7.11 Å². The van der Waals surface area contributed by atoms with E-state index in [2.05, 4.69) is 4.90 Å². The van der Waals surface area contributed by atoms with Crippen LogP contribution in [0.25, 0.3) is 0 Å². The van der Waals surface area contributed by atoms with Crippen LogP contribution in [0.5, 0.6) is 5.75 Å². The molecule has 5 nitrogen and oxygen atoms in total. The third-order valence-electron chi connectivity index (χ3n) is 4.58. The summed E-state index contributed by atoms with van der Waals surface area (Å²) in [5, 5.41) is 9.35. The summed E-state index contributed by atoms with van der Waals surface area (Å²) in [7, 11) is 3.64. The lowest BCUT2D eigenvalue weighted by atomic mass is 9.85. The maximum Gasteiger partial charge on any atom is 0.323 e.